The number of aromatic nitrogens is 3. The van der Waals surface area contributed by atoms with Crippen LogP contribution in [-0.2, 0) is 20.9 Å². The molecule has 0 bridgehead atoms. The topological polar surface area (TPSA) is 141 Å². The van der Waals surface area contributed by atoms with E-state index < -0.39 is 23.9 Å². The molecule has 0 spiro atoms. The molecule has 0 aliphatic rings. The van der Waals surface area contributed by atoms with Gasteiger partial charge in [-0.2, -0.15) is 5.10 Å². The van der Waals surface area contributed by atoms with Crippen molar-refractivity contribution in [3.63, 3.8) is 0 Å². The van der Waals surface area contributed by atoms with Gasteiger partial charge in [-0.15, -0.1) is 0 Å². The molecule has 0 saturated heterocycles. The SMILES string of the molecule is NC(=O)CC[C@H](NC(=O)OCc1ccccc1)C(=O)Nc1ccc(-n2cncn2)cc1. The summed E-state index contributed by atoms with van der Waals surface area (Å²) in [5, 5.41) is 9.24. The van der Waals surface area contributed by atoms with Crippen molar-refractivity contribution in [2.45, 2.75) is 25.5 Å². The number of amides is 3. The van der Waals surface area contributed by atoms with E-state index in [2.05, 4.69) is 20.7 Å². The van der Waals surface area contributed by atoms with Gasteiger partial charge in [-0.3, -0.25) is 9.59 Å². The molecule has 4 N–H and O–H groups in total. The molecule has 0 aliphatic carbocycles. The first-order valence-electron chi connectivity index (χ1n) is 9.53. The molecule has 0 saturated carbocycles. The van der Waals surface area contributed by atoms with Gasteiger partial charge in [-0.05, 0) is 36.2 Å². The Morgan fingerprint density at radius 1 is 1.06 bits per heavy atom. The Morgan fingerprint density at radius 2 is 1.81 bits per heavy atom. The molecule has 0 aliphatic heterocycles. The maximum absolute atomic E-state index is 12.7. The number of anilines is 1. The van der Waals surface area contributed by atoms with Crippen LogP contribution in [0.3, 0.4) is 0 Å². The molecule has 2 aromatic carbocycles. The molecule has 31 heavy (non-hydrogen) atoms. The number of primary amides is 1. The summed E-state index contributed by atoms with van der Waals surface area (Å²) in [6.07, 6.45) is 2.18. The fraction of sp³-hybridized carbons (Fsp3) is 0.190. The van der Waals surface area contributed by atoms with Crippen LogP contribution in [0.25, 0.3) is 5.69 Å². The number of nitrogens with one attached hydrogen (secondary N) is 2. The van der Waals surface area contributed by atoms with E-state index in [9.17, 15) is 14.4 Å². The normalized spacial score (nSPS) is 11.4. The second-order valence-electron chi connectivity index (χ2n) is 6.64. The first-order valence-corrected chi connectivity index (χ1v) is 9.53. The molecule has 1 atom stereocenters. The maximum Gasteiger partial charge on any atom is 0.408 e. The van der Waals surface area contributed by atoms with Crippen LogP contribution in [0.4, 0.5) is 10.5 Å². The number of hydrogen-bond donors (Lipinski definition) is 3. The summed E-state index contributed by atoms with van der Waals surface area (Å²) in [6.45, 7) is 0.0561. The molecular formula is C21H22N6O4. The summed E-state index contributed by atoms with van der Waals surface area (Å²) < 4.78 is 6.74. The zero-order valence-electron chi connectivity index (χ0n) is 16.6. The summed E-state index contributed by atoms with van der Waals surface area (Å²) >= 11 is 0. The summed E-state index contributed by atoms with van der Waals surface area (Å²) in [7, 11) is 0. The van der Waals surface area contributed by atoms with E-state index in [4.69, 9.17) is 10.5 Å². The lowest BCUT2D eigenvalue weighted by Gasteiger charge is -2.18. The molecule has 160 valence electrons. The van der Waals surface area contributed by atoms with Crippen LogP contribution in [0.15, 0.2) is 67.3 Å². The van der Waals surface area contributed by atoms with E-state index in [0.717, 1.165) is 11.3 Å². The Balaban J connectivity index is 1.59. The van der Waals surface area contributed by atoms with Gasteiger partial charge in [0.2, 0.25) is 11.8 Å². The molecule has 10 nitrogen and oxygen atoms in total. The molecule has 10 heteroatoms. The fourth-order valence-electron chi connectivity index (χ4n) is 2.73. The highest BCUT2D eigenvalue weighted by molar-refractivity contribution is 5.96. The van der Waals surface area contributed by atoms with Crippen LogP contribution in [0.5, 0.6) is 0 Å². The summed E-state index contributed by atoms with van der Waals surface area (Å²) in [4.78, 5) is 39.9. The minimum absolute atomic E-state index is 0.0403. The monoisotopic (exact) mass is 422 g/mol. The first kappa shape index (κ1) is 21.5. The minimum atomic E-state index is -0.995. The van der Waals surface area contributed by atoms with E-state index in [1.165, 1.54) is 6.33 Å². The molecule has 0 radical (unpaired) electrons. The second kappa shape index (κ2) is 10.5. The zero-order chi connectivity index (χ0) is 22.1. The zero-order valence-corrected chi connectivity index (χ0v) is 16.6. The van der Waals surface area contributed by atoms with Gasteiger partial charge >= 0.3 is 6.09 Å². The Labute approximate surface area is 178 Å². The molecule has 3 amide bonds. The van der Waals surface area contributed by atoms with E-state index in [0.29, 0.717) is 5.69 Å². The number of carbonyl (C=O) groups is 3. The van der Waals surface area contributed by atoms with Gasteiger partial charge in [0, 0.05) is 12.1 Å². The van der Waals surface area contributed by atoms with Crippen LogP contribution in [-0.4, -0.2) is 38.7 Å². The summed E-state index contributed by atoms with van der Waals surface area (Å²) in [5.74, 6) is -1.07. The molecule has 3 rings (SSSR count). The number of alkyl carbamates (subject to hydrolysis) is 1. The molecule has 0 unspecified atom stereocenters. The van der Waals surface area contributed by atoms with E-state index in [-0.39, 0.29) is 19.4 Å². The third kappa shape index (κ3) is 6.67. The molecule has 0 fully saturated rings. The van der Waals surface area contributed by atoms with Crippen molar-refractivity contribution in [3.8, 4) is 5.69 Å². The van der Waals surface area contributed by atoms with Crippen LogP contribution in [0.1, 0.15) is 18.4 Å². The number of carbonyl (C=O) groups excluding carboxylic acids is 3. The maximum atomic E-state index is 12.7. The van der Waals surface area contributed by atoms with Crippen LogP contribution in [0.2, 0.25) is 0 Å². The van der Waals surface area contributed by atoms with Gasteiger partial charge in [0.25, 0.3) is 0 Å². The number of rotatable bonds is 9. The highest BCUT2D eigenvalue weighted by Crippen LogP contribution is 2.13. The smallest absolute Gasteiger partial charge is 0.408 e. The van der Waals surface area contributed by atoms with Gasteiger partial charge in [0.05, 0.1) is 5.69 Å². The minimum Gasteiger partial charge on any atom is -0.445 e. The Hall–Kier alpha value is -4.21. The quantitative estimate of drug-likeness (QED) is 0.480. The van der Waals surface area contributed by atoms with Gasteiger partial charge < -0.3 is 21.1 Å². The Kier molecular flexibility index (Phi) is 7.30. The van der Waals surface area contributed by atoms with Crippen molar-refractivity contribution in [2.75, 3.05) is 5.32 Å². The lowest BCUT2D eigenvalue weighted by atomic mass is 10.1. The molecule has 1 aromatic heterocycles. The van der Waals surface area contributed by atoms with Crippen LogP contribution < -0.4 is 16.4 Å². The van der Waals surface area contributed by atoms with Gasteiger partial charge in [-0.25, -0.2) is 14.5 Å². The number of ether oxygens (including phenoxy) is 1. The third-order valence-corrected chi connectivity index (χ3v) is 4.32. The first-order chi connectivity index (χ1) is 15.0. The van der Waals surface area contributed by atoms with E-state index in [1.807, 2.05) is 30.3 Å². The van der Waals surface area contributed by atoms with Crippen molar-refractivity contribution in [1.82, 2.24) is 20.1 Å². The largest absolute Gasteiger partial charge is 0.445 e. The van der Waals surface area contributed by atoms with Crippen molar-refractivity contribution in [3.05, 3.63) is 72.8 Å². The number of benzene rings is 2. The van der Waals surface area contributed by atoms with Gasteiger partial charge in [0.15, 0.2) is 0 Å². The average Bonchev–Trinajstić information content (AvgIpc) is 3.31. The Morgan fingerprint density at radius 3 is 2.45 bits per heavy atom. The molecular weight excluding hydrogens is 400 g/mol. The van der Waals surface area contributed by atoms with Crippen LogP contribution in [0, 0.1) is 0 Å². The predicted octanol–water partition coefficient (Wildman–Crippen LogP) is 1.77. The van der Waals surface area contributed by atoms with Crippen molar-refractivity contribution >= 4 is 23.6 Å². The van der Waals surface area contributed by atoms with E-state index in [1.54, 1.807) is 35.3 Å². The second-order valence-corrected chi connectivity index (χ2v) is 6.64. The number of nitrogens with two attached hydrogens (primary N) is 1. The van der Waals surface area contributed by atoms with Crippen LogP contribution >= 0.6 is 0 Å². The van der Waals surface area contributed by atoms with Gasteiger partial charge in [0.1, 0.15) is 25.3 Å². The number of hydrogen-bond acceptors (Lipinski definition) is 6. The predicted molar refractivity (Wildman–Crippen MR) is 112 cm³/mol. The van der Waals surface area contributed by atoms with E-state index >= 15 is 0 Å². The molecule has 3 aromatic rings. The summed E-state index contributed by atoms with van der Waals surface area (Å²) in [5.41, 5.74) is 7.28. The standard InChI is InChI=1S/C21H22N6O4/c22-19(28)11-10-18(26-21(30)31-12-15-4-2-1-3-5-15)20(29)25-16-6-8-17(9-7-16)27-14-23-13-24-27/h1-9,13-14,18H,10-12H2,(H2,22,28)(H,25,29)(H,26,30)/t18-/m0/s1. The lowest BCUT2D eigenvalue weighted by Crippen LogP contribution is -2.44. The summed E-state index contributed by atoms with van der Waals surface area (Å²) in [6, 6.07) is 15.0. The average molecular weight is 422 g/mol. The fourth-order valence-corrected chi connectivity index (χ4v) is 2.73. The van der Waals surface area contributed by atoms with Crippen molar-refractivity contribution < 1.29 is 19.1 Å². The van der Waals surface area contributed by atoms with Crippen molar-refractivity contribution in [1.29, 1.82) is 0 Å². The molecule has 1 heterocycles. The number of nitrogens with zero attached hydrogens (tertiary/aromatic N) is 3. The lowest BCUT2D eigenvalue weighted by molar-refractivity contribution is -0.119. The van der Waals surface area contributed by atoms with Gasteiger partial charge in [-0.1, -0.05) is 30.3 Å². The Bertz CT molecular complexity index is 1010. The van der Waals surface area contributed by atoms with Crippen molar-refractivity contribution in [2.24, 2.45) is 5.73 Å². The highest BCUT2D eigenvalue weighted by atomic mass is 16.5. The third-order valence-electron chi connectivity index (χ3n) is 4.32. The highest BCUT2D eigenvalue weighted by Gasteiger charge is 2.22.